The predicted octanol–water partition coefficient (Wildman–Crippen LogP) is 3.83. The summed E-state index contributed by atoms with van der Waals surface area (Å²) in [5.41, 5.74) is 3.74. The van der Waals surface area contributed by atoms with Crippen molar-refractivity contribution in [1.29, 1.82) is 0 Å². The van der Waals surface area contributed by atoms with Crippen LogP contribution in [0.3, 0.4) is 0 Å². The van der Waals surface area contributed by atoms with E-state index in [-0.39, 0.29) is 17.5 Å². The van der Waals surface area contributed by atoms with Gasteiger partial charge in [0.15, 0.2) is 0 Å². The van der Waals surface area contributed by atoms with Gasteiger partial charge in [0.05, 0.1) is 12.1 Å². The largest absolute Gasteiger partial charge is 0.335 e. The van der Waals surface area contributed by atoms with Crippen LogP contribution in [0.5, 0.6) is 0 Å². The molecule has 1 heterocycles. The number of aromatic nitrogens is 1. The Bertz CT molecular complexity index is 816. The lowest BCUT2D eigenvalue weighted by Crippen LogP contribution is -2.39. The molecular weight excluding hydrogens is 300 g/mol. The van der Waals surface area contributed by atoms with Gasteiger partial charge >= 0.3 is 0 Å². The molecule has 1 amide bonds. The Morgan fingerprint density at radius 3 is 2.58 bits per heavy atom. The third-order valence-corrected chi connectivity index (χ3v) is 5.10. The summed E-state index contributed by atoms with van der Waals surface area (Å²) in [6, 6.07) is 6.40. The number of nitrogens with zero attached hydrogens (tertiary/aromatic N) is 1. The van der Waals surface area contributed by atoms with E-state index in [1.807, 2.05) is 24.8 Å². The number of carbonyl (C=O) groups is 1. The average molecular weight is 326 g/mol. The van der Waals surface area contributed by atoms with E-state index >= 15 is 0 Å². The lowest BCUT2D eigenvalue weighted by Gasteiger charge is -2.28. The first-order valence-corrected chi connectivity index (χ1v) is 8.92. The summed E-state index contributed by atoms with van der Waals surface area (Å²) in [6.07, 6.45) is 4.93. The van der Waals surface area contributed by atoms with Crippen molar-refractivity contribution < 1.29 is 4.79 Å². The second-order valence-electron chi connectivity index (χ2n) is 6.98. The van der Waals surface area contributed by atoms with Crippen LogP contribution in [0, 0.1) is 13.8 Å². The van der Waals surface area contributed by atoms with Gasteiger partial charge in [-0.1, -0.05) is 31.4 Å². The van der Waals surface area contributed by atoms with Crippen LogP contribution in [0.4, 0.5) is 0 Å². The third-order valence-electron chi connectivity index (χ3n) is 5.10. The monoisotopic (exact) mass is 326 g/mol. The molecule has 1 aromatic carbocycles. The summed E-state index contributed by atoms with van der Waals surface area (Å²) in [7, 11) is 0. The topological polar surface area (TPSA) is 53.2 Å². The first kappa shape index (κ1) is 16.7. The molecule has 4 heteroatoms. The van der Waals surface area contributed by atoms with Crippen molar-refractivity contribution in [2.45, 2.75) is 65.5 Å². The van der Waals surface area contributed by atoms with Crippen molar-refractivity contribution in [1.82, 2.24) is 9.88 Å². The molecule has 3 rings (SSSR count). The average Bonchev–Trinajstić information content (AvgIpc) is 3.07. The summed E-state index contributed by atoms with van der Waals surface area (Å²) in [6.45, 7) is 6.37. The fourth-order valence-corrected chi connectivity index (χ4v) is 3.87. The van der Waals surface area contributed by atoms with Crippen LogP contribution in [0.1, 0.15) is 55.7 Å². The lowest BCUT2D eigenvalue weighted by atomic mass is 10.0. The van der Waals surface area contributed by atoms with E-state index in [0.29, 0.717) is 18.5 Å². The van der Waals surface area contributed by atoms with Gasteiger partial charge in [-0.2, -0.15) is 0 Å². The first-order valence-electron chi connectivity index (χ1n) is 8.92. The molecule has 0 saturated heterocycles. The molecular formula is C20H26N2O2. The summed E-state index contributed by atoms with van der Waals surface area (Å²) in [5.74, 6) is 0.141. The van der Waals surface area contributed by atoms with Crippen molar-refractivity contribution in [3.05, 3.63) is 45.2 Å². The summed E-state index contributed by atoms with van der Waals surface area (Å²) < 4.78 is 0. The Hall–Kier alpha value is -2.10. The highest BCUT2D eigenvalue weighted by molar-refractivity contribution is 5.83. The standard InChI is InChI=1S/C20H26N2O2/c1-4-18(23)22(17-7-5-6-8-17)12-16-11-15-10-13(2)9-14(3)19(15)21-20(16)24/h9-11,17H,4-8,12H2,1-3H3,(H,21,24). The Morgan fingerprint density at radius 1 is 1.21 bits per heavy atom. The number of hydrogen-bond donors (Lipinski definition) is 1. The van der Waals surface area contributed by atoms with Gasteiger partial charge in [-0.25, -0.2) is 0 Å². The van der Waals surface area contributed by atoms with Gasteiger partial charge in [0.1, 0.15) is 0 Å². The molecule has 0 radical (unpaired) electrons. The van der Waals surface area contributed by atoms with Gasteiger partial charge in [0.2, 0.25) is 5.91 Å². The van der Waals surface area contributed by atoms with Crippen molar-refractivity contribution in [2.75, 3.05) is 0 Å². The van der Waals surface area contributed by atoms with Gasteiger partial charge < -0.3 is 9.88 Å². The lowest BCUT2D eigenvalue weighted by molar-refractivity contribution is -0.133. The molecule has 0 bridgehead atoms. The second kappa shape index (κ2) is 6.80. The zero-order valence-electron chi connectivity index (χ0n) is 14.8. The summed E-state index contributed by atoms with van der Waals surface area (Å²) in [5, 5.41) is 1.04. The second-order valence-corrected chi connectivity index (χ2v) is 6.98. The minimum atomic E-state index is -0.0821. The Balaban J connectivity index is 1.99. The van der Waals surface area contributed by atoms with Crippen LogP contribution in [-0.2, 0) is 11.3 Å². The molecule has 128 valence electrons. The van der Waals surface area contributed by atoms with Gasteiger partial charge in [-0.3, -0.25) is 9.59 Å². The van der Waals surface area contributed by atoms with Crippen LogP contribution >= 0.6 is 0 Å². The minimum Gasteiger partial charge on any atom is -0.335 e. The number of aromatic amines is 1. The molecule has 1 saturated carbocycles. The van der Waals surface area contributed by atoms with Crippen LogP contribution in [0.25, 0.3) is 10.9 Å². The van der Waals surface area contributed by atoms with E-state index < -0.39 is 0 Å². The van der Waals surface area contributed by atoms with E-state index in [9.17, 15) is 9.59 Å². The number of rotatable bonds is 4. The molecule has 1 aromatic heterocycles. The maximum absolute atomic E-state index is 12.5. The van der Waals surface area contributed by atoms with Crippen molar-refractivity contribution in [2.24, 2.45) is 0 Å². The number of H-pyrrole nitrogens is 1. The number of aryl methyl sites for hydroxylation is 2. The zero-order valence-corrected chi connectivity index (χ0v) is 14.8. The molecule has 0 atom stereocenters. The number of hydrogen-bond acceptors (Lipinski definition) is 2. The summed E-state index contributed by atoms with van der Waals surface area (Å²) >= 11 is 0. The van der Waals surface area contributed by atoms with Crippen LogP contribution in [-0.4, -0.2) is 21.8 Å². The highest BCUT2D eigenvalue weighted by Gasteiger charge is 2.26. The number of fused-ring (bicyclic) bond motifs is 1. The molecule has 0 spiro atoms. The van der Waals surface area contributed by atoms with Gasteiger partial charge in [-0.15, -0.1) is 0 Å². The number of amides is 1. The molecule has 1 aliphatic rings. The van der Waals surface area contributed by atoms with Crippen molar-refractivity contribution >= 4 is 16.8 Å². The molecule has 0 aliphatic heterocycles. The molecule has 0 unspecified atom stereocenters. The molecule has 1 N–H and O–H groups in total. The summed E-state index contributed by atoms with van der Waals surface area (Å²) in [4.78, 5) is 29.9. The number of benzene rings is 1. The Labute approximate surface area is 142 Å². The van der Waals surface area contributed by atoms with Gasteiger partial charge in [0, 0.05) is 18.0 Å². The maximum Gasteiger partial charge on any atom is 0.253 e. The van der Waals surface area contributed by atoms with E-state index in [1.54, 1.807) is 0 Å². The van der Waals surface area contributed by atoms with Crippen LogP contribution in [0.15, 0.2) is 23.0 Å². The van der Waals surface area contributed by atoms with E-state index in [2.05, 4.69) is 24.0 Å². The molecule has 2 aromatic rings. The third kappa shape index (κ3) is 3.23. The first-order chi connectivity index (χ1) is 11.5. The van der Waals surface area contributed by atoms with E-state index in [4.69, 9.17) is 0 Å². The highest BCUT2D eigenvalue weighted by atomic mass is 16.2. The predicted molar refractivity (Wildman–Crippen MR) is 97.1 cm³/mol. The molecule has 1 aliphatic carbocycles. The molecule has 24 heavy (non-hydrogen) atoms. The maximum atomic E-state index is 12.5. The van der Waals surface area contributed by atoms with Gasteiger partial charge in [0.25, 0.3) is 5.56 Å². The van der Waals surface area contributed by atoms with Crippen LogP contribution < -0.4 is 5.56 Å². The highest BCUT2D eigenvalue weighted by Crippen LogP contribution is 2.26. The smallest absolute Gasteiger partial charge is 0.253 e. The number of pyridine rings is 1. The van der Waals surface area contributed by atoms with E-state index in [1.165, 1.54) is 18.4 Å². The number of nitrogens with one attached hydrogen (secondary N) is 1. The van der Waals surface area contributed by atoms with Gasteiger partial charge in [-0.05, 0) is 49.8 Å². The van der Waals surface area contributed by atoms with Crippen molar-refractivity contribution in [3.63, 3.8) is 0 Å². The normalized spacial score (nSPS) is 15.1. The fraction of sp³-hybridized carbons (Fsp3) is 0.500. The Morgan fingerprint density at radius 2 is 1.92 bits per heavy atom. The van der Waals surface area contributed by atoms with E-state index in [0.717, 1.165) is 29.3 Å². The van der Waals surface area contributed by atoms with Crippen molar-refractivity contribution in [3.8, 4) is 0 Å². The van der Waals surface area contributed by atoms with Crippen LogP contribution in [0.2, 0.25) is 0 Å². The molecule has 4 nitrogen and oxygen atoms in total. The number of carbonyl (C=O) groups excluding carboxylic acids is 1. The fourth-order valence-electron chi connectivity index (χ4n) is 3.87. The minimum absolute atomic E-state index is 0.0821. The Kier molecular flexibility index (Phi) is 4.74. The molecule has 1 fully saturated rings. The zero-order chi connectivity index (χ0) is 17.3. The quantitative estimate of drug-likeness (QED) is 0.928. The SMILES string of the molecule is CCC(=O)N(Cc1cc2cc(C)cc(C)c2[nH]c1=O)C1CCCC1.